The van der Waals surface area contributed by atoms with E-state index in [0.29, 0.717) is 25.6 Å². The number of piperazine rings is 1. The molecule has 2 fully saturated rings. The van der Waals surface area contributed by atoms with Crippen LogP contribution in [0.2, 0.25) is 0 Å². The molecule has 1 unspecified atom stereocenters. The van der Waals surface area contributed by atoms with Gasteiger partial charge in [0.25, 0.3) is 0 Å². The van der Waals surface area contributed by atoms with Crippen molar-refractivity contribution in [2.75, 3.05) is 66.0 Å². The standard InChI is InChI=1S/C17H33N5O2.HI/c1-4-7-20-8-6-15(14-20)13-19-16(18-3)21-9-11-22(12-10-21)17(23)24-5-2;/h15H,4-14H2,1-3H3,(H,18,19);1H. The number of hydrogen-bond acceptors (Lipinski definition) is 4. The summed E-state index contributed by atoms with van der Waals surface area (Å²) >= 11 is 0. The van der Waals surface area contributed by atoms with Crippen LogP contribution in [-0.4, -0.2) is 92.8 Å². The summed E-state index contributed by atoms with van der Waals surface area (Å²) in [7, 11) is 1.83. The normalized spacial score (nSPS) is 21.9. The lowest BCUT2D eigenvalue weighted by Gasteiger charge is -2.36. The maximum atomic E-state index is 11.8. The van der Waals surface area contributed by atoms with E-state index >= 15 is 0 Å². The van der Waals surface area contributed by atoms with Crippen LogP contribution in [0.1, 0.15) is 26.7 Å². The molecule has 2 rings (SSSR count). The zero-order valence-electron chi connectivity index (χ0n) is 15.9. The monoisotopic (exact) mass is 467 g/mol. The number of nitrogens with one attached hydrogen (secondary N) is 1. The topological polar surface area (TPSA) is 60.4 Å². The molecule has 0 aromatic rings. The highest BCUT2D eigenvalue weighted by molar-refractivity contribution is 14.0. The molecule has 0 saturated carbocycles. The van der Waals surface area contributed by atoms with Gasteiger partial charge in [-0.2, -0.15) is 0 Å². The number of likely N-dealkylation sites (tertiary alicyclic amines) is 1. The molecule has 0 aromatic carbocycles. The van der Waals surface area contributed by atoms with E-state index < -0.39 is 0 Å². The van der Waals surface area contributed by atoms with Crippen LogP contribution in [0.3, 0.4) is 0 Å². The summed E-state index contributed by atoms with van der Waals surface area (Å²) in [5.41, 5.74) is 0. The lowest BCUT2D eigenvalue weighted by Crippen LogP contribution is -2.54. The van der Waals surface area contributed by atoms with Gasteiger partial charge in [-0.15, -0.1) is 24.0 Å². The van der Waals surface area contributed by atoms with Crippen LogP contribution in [0.15, 0.2) is 4.99 Å². The molecule has 25 heavy (non-hydrogen) atoms. The van der Waals surface area contributed by atoms with Gasteiger partial charge in [0, 0.05) is 46.3 Å². The number of guanidine groups is 1. The number of carbonyl (C=O) groups excluding carboxylic acids is 1. The molecule has 0 aliphatic carbocycles. The second kappa shape index (κ2) is 11.8. The molecule has 0 bridgehead atoms. The Morgan fingerprint density at radius 3 is 2.44 bits per heavy atom. The third kappa shape index (κ3) is 6.80. The summed E-state index contributed by atoms with van der Waals surface area (Å²) in [6.07, 6.45) is 2.29. The first kappa shape index (κ1) is 22.3. The minimum absolute atomic E-state index is 0. The summed E-state index contributed by atoms with van der Waals surface area (Å²) in [5, 5.41) is 3.53. The fourth-order valence-corrected chi connectivity index (χ4v) is 3.48. The summed E-state index contributed by atoms with van der Waals surface area (Å²) < 4.78 is 5.07. The zero-order valence-corrected chi connectivity index (χ0v) is 18.2. The molecule has 0 radical (unpaired) electrons. The Bertz CT molecular complexity index is 427. The van der Waals surface area contributed by atoms with Crippen molar-refractivity contribution in [2.24, 2.45) is 10.9 Å². The maximum absolute atomic E-state index is 11.8. The number of halogens is 1. The quantitative estimate of drug-likeness (QED) is 0.379. The Hall–Kier alpha value is -0.770. The predicted octanol–water partition coefficient (Wildman–Crippen LogP) is 1.69. The molecular formula is C17H34IN5O2. The van der Waals surface area contributed by atoms with Crippen molar-refractivity contribution in [2.45, 2.75) is 26.7 Å². The van der Waals surface area contributed by atoms with E-state index in [0.717, 1.165) is 25.6 Å². The minimum atomic E-state index is -0.206. The van der Waals surface area contributed by atoms with E-state index in [9.17, 15) is 4.79 Å². The van der Waals surface area contributed by atoms with Gasteiger partial charge in [-0.25, -0.2) is 4.79 Å². The summed E-state index contributed by atoms with van der Waals surface area (Å²) in [5.74, 6) is 1.65. The van der Waals surface area contributed by atoms with Crippen molar-refractivity contribution in [1.29, 1.82) is 0 Å². The number of hydrogen-bond donors (Lipinski definition) is 1. The first-order valence-corrected chi connectivity index (χ1v) is 9.27. The van der Waals surface area contributed by atoms with Crippen molar-refractivity contribution in [1.82, 2.24) is 20.0 Å². The van der Waals surface area contributed by atoms with Gasteiger partial charge in [-0.1, -0.05) is 6.92 Å². The summed E-state index contributed by atoms with van der Waals surface area (Å²) in [4.78, 5) is 22.7. The lowest BCUT2D eigenvalue weighted by atomic mass is 10.1. The third-order valence-corrected chi connectivity index (χ3v) is 4.78. The summed E-state index contributed by atoms with van der Waals surface area (Å²) in [6.45, 7) is 12.1. The first-order valence-electron chi connectivity index (χ1n) is 9.27. The highest BCUT2D eigenvalue weighted by Gasteiger charge is 2.25. The Kier molecular flexibility index (Phi) is 10.5. The van der Waals surface area contributed by atoms with Gasteiger partial charge in [0.1, 0.15) is 0 Å². The van der Waals surface area contributed by atoms with Crippen molar-refractivity contribution in [3.05, 3.63) is 0 Å². The van der Waals surface area contributed by atoms with Gasteiger partial charge >= 0.3 is 6.09 Å². The fraction of sp³-hybridized carbons (Fsp3) is 0.882. The number of carbonyl (C=O) groups is 1. The Morgan fingerprint density at radius 2 is 1.84 bits per heavy atom. The molecule has 2 saturated heterocycles. The molecule has 8 heteroatoms. The van der Waals surface area contributed by atoms with E-state index in [1.807, 2.05) is 14.0 Å². The number of aliphatic imine (C=N–C) groups is 1. The number of ether oxygens (including phenoxy) is 1. The summed E-state index contributed by atoms with van der Waals surface area (Å²) in [6, 6.07) is 0. The van der Waals surface area contributed by atoms with Crippen molar-refractivity contribution >= 4 is 36.0 Å². The van der Waals surface area contributed by atoms with Crippen LogP contribution >= 0.6 is 24.0 Å². The molecule has 7 nitrogen and oxygen atoms in total. The SMILES string of the molecule is CCCN1CCC(CNC(=NC)N2CCN(C(=O)OCC)CC2)C1.I. The van der Waals surface area contributed by atoms with E-state index in [1.54, 1.807) is 4.90 Å². The van der Waals surface area contributed by atoms with Gasteiger partial charge in [-0.3, -0.25) is 4.99 Å². The first-order chi connectivity index (χ1) is 11.7. The number of amides is 1. The predicted molar refractivity (Wildman–Crippen MR) is 112 cm³/mol. The van der Waals surface area contributed by atoms with E-state index in [-0.39, 0.29) is 30.1 Å². The van der Waals surface area contributed by atoms with Gasteiger partial charge < -0.3 is 24.8 Å². The van der Waals surface area contributed by atoms with Gasteiger partial charge in [0.05, 0.1) is 6.61 Å². The smallest absolute Gasteiger partial charge is 0.409 e. The largest absolute Gasteiger partial charge is 0.450 e. The highest BCUT2D eigenvalue weighted by Crippen LogP contribution is 2.15. The number of rotatable bonds is 5. The molecule has 146 valence electrons. The average molecular weight is 467 g/mol. The highest BCUT2D eigenvalue weighted by atomic mass is 127. The second-order valence-corrected chi connectivity index (χ2v) is 6.56. The fourth-order valence-electron chi connectivity index (χ4n) is 3.48. The Labute approximate surface area is 169 Å². The van der Waals surface area contributed by atoms with Crippen LogP contribution in [0.25, 0.3) is 0 Å². The van der Waals surface area contributed by atoms with Crippen LogP contribution in [0.4, 0.5) is 4.79 Å². The molecule has 1 amide bonds. The third-order valence-electron chi connectivity index (χ3n) is 4.78. The molecule has 0 spiro atoms. The van der Waals surface area contributed by atoms with Crippen LogP contribution < -0.4 is 5.32 Å². The molecule has 0 aromatic heterocycles. The average Bonchev–Trinajstić information content (AvgIpc) is 3.04. The maximum Gasteiger partial charge on any atom is 0.409 e. The zero-order chi connectivity index (χ0) is 17.4. The Balaban J connectivity index is 0.00000312. The molecule has 1 N–H and O–H groups in total. The second-order valence-electron chi connectivity index (χ2n) is 6.56. The van der Waals surface area contributed by atoms with Crippen molar-refractivity contribution in [3.63, 3.8) is 0 Å². The molecule has 2 heterocycles. The minimum Gasteiger partial charge on any atom is -0.450 e. The number of nitrogens with zero attached hydrogens (tertiary/aromatic N) is 4. The van der Waals surface area contributed by atoms with Crippen LogP contribution in [0, 0.1) is 5.92 Å². The van der Waals surface area contributed by atoms with Crippen LogP contribution in [-0.2, 0) is 4.74 Å². The van der Waals surface area contributed by atoms with E-state index in [4.69, 9.17) is 4.74 Å². The van der Waals surface area contributed by atoms with Crippen LogP contribution in [0.5, 0.6) is 0 Å². The molecule has 1 atom stereocenters. The van der Waals surface area contributed by atoms with E-state index in [1.165, 1.54) is 32.5 Å². The van der Waals surface area contributed by atoms with Crippen molar-refractivity contribution < 1.29 is 9.53 Å². The van der Waals surface area contributed by atoms with Gasteiger partial charge in [-0.05, 0) is 38.8 Å². The Morgan fingerprint density at radius 1 is 1.16 bits per heavy atom. The van der Waals surface area contributed by atoms with Gasteiger partial charge in [0.15, 0.2) is 5.96 Å². The van der Waals surface area contributed by atoms with Crippen molar-refractivity contribution in [3.8, 4) is 0 Å². The molecule has 2 aliphatic heterocycles. The van der Waals surface area contributed by atoms with E-state index in [2.05, 4.69) is 27.0 Å². The lowest BCUT2D eigenvalue weighted by molar-refractivity contribution is 0.0914. The van der Waals surface area contributed by atoms with Gasteiger partial charge in [0.2, 0.25) is 0 Å². The molecular weight excluding hydrogens is 433 g/mol. The molecule has 2 aliphatic rings.